The Labute approximate surface area is 216 Å². The zero-order chi connectivity index (χ0) is 25.4. The molecule has 7 heteroatoms. The SMILES string of the molecule is CC(C)CNC(=O)[C@@H](Cc1ccccc1)N(Cc1cccc(Cl)c1)C(=O)Cc1c(F)cccc1Cl. The smallest absolute Gasteiger partial charge is 0.243 e. The Bertz CT molecular complexity index is 1130. The van der Waals surface area contributed by atoms with Crippen LogP contribution in [-0.2, 0) is 29.0 Å². The summed E-state index contributed by atoms with van der Waals surface area (Å²) in [6.07, 6.45) is 0.0386. The van der Waals surface area contributed by atoms with Crippen molar-refractivity contribution < 1.29 is 14.0 Å². The summed E-state index contributed by atoms with van der Waals surface area (Å²) in [5.41, 5.74) is 1.78. The number of rotatable bonds is 10. The lowest BCUT2D eigenvalue weighted by atomic mass is 10.0. The molecule has 2 amide bonds. The standard InChI is InChI=1S/C28H29Cl2FN2O2/c1-19(2)17-32-28(35)26(15-20-8-4-3-5-9-20)33(18-21-10-6-11-22(29)14-21)27(34)16-23-24(30)12-7-13-25(23)31/h3-14,19,26H,15-18H2,1-2H3,(H,32,35)/t26-/m1/s1. The fourth-order valence-corrected chi connectivity index (χ4v) is 4.21. The Morgan fingerprint density at radius 3 is 2.29 bits per heavy atom. The number of nitrogens with zero attached hydrogens (tertiary/aromatic N) is 1. The van der Waals surface area contributed by atoms with E-state index in [1.54, 1.807) is 24.3 Å². The van der Waals surface area contributed by atoms with Crippen LogP contribution >= 0.6 is 23.2 Å². The maximum atomic E-state index is 14.5. The van der Waals surface area contributed by atoms with E-state index >= 15 is 0 Å². The number of hydrogen-bond donors (Lipinski definition) is 1. The maximum Gasteiger partial charge on any atom is 0.243 e. The van der Waals surface area contributed by atoms with Gasteiger partial charge in [-0.25, -0.2) is 4.39 Å². The number of carbonyl (C=O) groups is 2. The van der Waals surface area contributed by atoms with E-state index in [1.807, 2.05) is 50.2 Å². The van der Waals surface area contributed by atoms with Crippen molar-refractivity contribution in [3.63, 3.8) is 0 Å². The fourth-order valence-electron chi connectivity index (χ4n) is 3.76. The van der Waals surface area contributed by atoms with E-state index in [0.717, 1.165) is 11.1 Å². The van der Waals surface area contributed by atoms with E-state index in [9.17, 15) is 14.0 Å². The van der Waals surface area contributed by atoms with Gasteiger partial charge in [0.2, 0.25) is 11.8 Å². The molecular formula is C28H29Cl2FN2O2. The van der Waals surface area contributed by atoms with Crippen LogP contribution in [-0.4, -0.2) is 29.3 Å². The number of halogens is 3. The van der Waals surface area contributed by atoms with Crippen LogP contribution in [0.15, 0.2) is 72.8 Å². The number of benzene rings is 3. The molecule has 0 aliphatic carbocycles. The van der Waals surface area contributed by atoms with Crippen molar-refractivity contribution in [2.24, 2.45) is 5.92 Å². The van der Waals surface area contributed by atoms with E-state index in [4.69, 9.17) is 23.2 Å². The number of nitrogens with one attached hydrogen (secondary N) is 1. The molecule has 0 spiro atoms. The molecule has 0 bridgehead atoms. The van der Waals surface area contributed by atoms with Gasteiger partial charge < -0.3 is 10.2 Å². The molecule has 0 heterocycles. The normalized spacial score (nSPS) is 11.8. The summed E-state index contributed by atoms with van der Waals surface area (Å²) < 4.78 is 14.5. The summed E-state index contributed by atoms with van der Waals surface area (Å²) in [7, 11) is 0. The zero-order valence-electron chi connectivity index (χ0n) is 19.8. The van der Waals surface area contributed by atoms with Crippen molar-refractivity contribution in [3.05, 3.63) is 105 Å². The predicted octanol–water partition coefficient (Wildman–Crippen LogP) is 6.09. The van der Waals surface area contributed by atoms with Gasteiger partial charge >= 0.3 is 0 Å². The lowest BCUT2D eigenvalue weighted by molar-refractivity contribution is -0.140. The van der Waals surface area contributed by atoms with Crippen molar-refractivity contribution >= 4 is 35.0 Å². The second-order valence-electron chi connectivity index (χ2n) is 8.87. The highest BCUT2D eigenvalue weighted by molar-refractivity contribution is 6.31. The first kappa shape index (κ1) is 26.7. The van der Waals surface area contributed by atoms with Crippen molar-refractivity contribution in [2.75, 3.05) is 6.54 Å². The summed E-state index contributed by atoms with van der Waals surface area (Å²) in [6.45, 7) is 4.61. The van der Waals surface area contributed by atoms with Gasteiger partial charge in [-0.05, 0) is 41.3 Å². The summed E-state index contributed by atoms with van der Waals surface area (Å²) in [5, 5.41) is 3.66. The molecule has 3 aromatic rings. The molecule has 0 radical (unpaired) electrons. The zero-order valence-corrected chi connectivity index (χ0v) is 21.3. The van der Waals surface area contributed by atoms with Crippen molar-refractivity contribution in [3.8, 4) is 0 Å². The van der Waals surface area contributed by atoms with Crippen molar-refractivity contribution in [1.29, 1.82) is 0 Å². The van der Waals surface area contributed by atoms with Crippen LogP contribution in [0.4, 0.5) is 4.39 Å². The first-order valence-electron chi connectivity index (χ1n) is 11.5. The first-order chi connectivity index (χ1) is 16.7. The Balaban J connectivity index is 2.00. The van der Waals surface area contributed by atoms with Crippen molar-refractivity contribution in [2.45, 2.75) is 39.3 Å². The number of hydrogen-bond acceptors (Lipinski definition) is 2. The van der Waals surface area contributed by atoms with Crippen LogP contribution in [0.1, 0.15) is 30.5 Å². The molecule has 3 aromatic carbocycles. The molecule has 0 aliphatic rings. The quantitative estimate of drug-likeness (QED) is 0.356. The Morgan fingerprint density at radius 2 is 1.63 bits per heavy atom. The molecule has 1 N–H and O–H groups in total. The molecule has 0 aromatic heterocycles. The van der Waals surface area contributed by atoms with E-state index in [1.165, 1.54) is 17.0 Å². The lowest BCUT2D eigenvalue weighted by Crippen LogP contribution is -2.51. The van der Waals surface area contributed by atoms with Gasteiger partial charge in [0.05, 0.1) is 6.42 Å². The van der Waals surface area contributed by atoms with Gasteiger partial charge in [-0.3, -0.25) is 9.59 Å². The fraction of sp³-hybridized carbons (Fsp3) is 0.286. The van der Waals surface area contributed by atoms with Crippen LogP contribution in [0, 0.1) is 11.7 Å². The van der Waals surface area contributed by atoms with Gasteiger partial charge in [0.15, 0.2) is 0 Å². The third-order valence-corrected chi connectivity index (χ3v) is 6.18. The van der Waals surface area contributed by atoms with Gasteiger partial charge in [0, 0.05) is 35.1 Å². The molecular weight excluding hydrogens is 486 g/mol. The second-order valence-corrected chi connectivity index (χ2v) is 9.72. The van der Waals surface area contributed by atoms with Crippen LogP contribution in [0.25, 0.3) is 0 Å². The Kier molecular flexibility index (Phi) is 9.70. The van der Waals surface area contributed by atoms with Gasteiger partial charge in [0.25, 0.3) is 0 Å². The van der Waals surface area contributed by atoms with E-state index in [-0.39, 0.29) is 35.4 Å². The molecule has 35 heavy (non-hydrogen) atoms. The molecule has 0 aliphatic heterocycles. The molecule has 3 rings (SSSR count). The summed E-state index contributed by atoms with van der Waals surface area (Å²) in [4.78, 5) is 28.6. The van der Waals surface area contributed by atoms with Crippen LogP contribution in [0.2, 0.25) is 10.0 Å². The Hall–Kier alpha value is -2.89. The van der Waals surface area contributed by atoms with Crippen LogP contribution in [0.5, 0.6) is 0 Å². The third kappa shape index (κ3) is 7.81. The van der Waals surface area contributed by atoms with E-state index in [0.29, 0.717) is 18.0 Å². The minimum atomic E-state index is -0.812. The summed E-state index contributed by atoms with van der Waals surface area (Å²) in [6, 6.07) is 20.1. The number of amides is 2. The van der Waals surface area contributed by atoms with Crippen LogP contribution < -0.4 is 5.32 Å². The molecule has 184 valence electrons. The lowest BCUT2D eigenvalue weighted by Gasteiger charge is -2.32. The highest BCUT2D eigenvalue weighted by Gasteiger charge is 2.31. The topological polar surface area (TPSA) is 49.4 Å². The minimum absolute atomic E-state index is 0.108. The van der Waals surface area contributed by atoms with Crippen LogP contribution in [0.3, 0.4) is 0 Å². The molecule has 0 saturated heterocycles. The number of carbonyl (C=O) groups excluding carboxylic acids is 2. The molecule has 0 unspecified atom stereocenters. The second kappa shape index (κ2) is 12.7. The minimum Gasteiger partial charge on any atom is -0.354 e. The molecule has 0 saturated carbocycles. The van der Waals surface area contributed by atoms with Gasteiger partial charge in [0.1, 0.15) is 11.9 Å². The average molecular weight is 515 g/mol. The molecule has 1 atom stereocenters. The van der Waals surface area contributed by atoms with Gasteiger partial charge in [-0.1, -0.05) is 85.6 Å². The highest BCUT2D eigenvalue weighted by atomic mass is 35.5. The Morgan fingerprint density at radius 1 is 0.943 bits per heavy atom. The van der Waals surface area contributed by atoms with Gasteiger partial charge in [-0.2, -0.15) is 0 Å². The van der Waals surface area contributed by atoms with Gasteiger partial charge in [-0.15, -0.1) is 0 Å². The average Bonchev–Trinajstić information content (AvgIpc) is 2.82. The summed E-state index contributed by atoms with van der Waals surface area (Å²) >= 11 is 12.4. The first-order valence-corrected chi connectivity index (χ1v) is 12.3. The largest absolute Gasteiger partial charge is 0.354 e. The predicted molar refractivity (Wildman–Crippen MR) is 139 cm³/mol. The maximum absolute atomic E-state index is 14.5. The monoisotopic (exact) mass is 514 g/mol. The van der Waals surface area contributed by atoms with E-state index < -0.39 is 17.8 Å². The summed E-state index contributed by atoms with van der Waals surface area (Å²) in [5.74, 6) is -0.988. The highest BCUT2D eigenvalue weighted by Crippen LogP contribution is 2.23. The van der Waals surface area contributed by atoms with Crippen molar-refractivity contribution in [1.82, 2.24) is 10.2 Å². The van der Waals surface area contributed by atoms with E-state index in [2.05, 4.69) is 5.32 Å². The third-order valence-electron chi connectivity index (χ3n) is 5.59. The molecule has 0 fully saturated rings. The molecule has 4 nitrogen and oxygen atoms in total.